The number of nitrogens with zero attached hydrogens (tertiary/aromatic N) is 1. The lowest BCUT2D eigenvalue weighted by Crippen LogP contribution is -2.41. The molecule has 0 unspecified atom stereocenters. The molecular weight excluding hydrogens is 286 g/mol. The fourth-order valence-electron chi connectivity index (χ4n) is 2.28. The molecule has 0 spiro atoms. The van der Waals surface area contributed by atoms with Crippen molar-refractivity contribution in [1.82, 2.24) is 4.72 Å². The van der Waals surface area contributed by atoms with Crippen LogP contribution in [0, 0.1) is 0 Å². The van der Waals surface area contributed by atoms with Gasteiger partial charge in [-0.25, -0.2) is 18.1 Å². The van der Waals surface area contributed by atoms with Crippen molar-refractivity contribution in [2.75, 3.05) is 5.32 Å². The summed E-state index contributed by atoms with van der Waals surface area (Å²) in [5.74, 6) is 0.288. The first-order valence-electron chi connectivity index (χ1n) is 7.43. The highest BCUT2D eigenvalue weighted by Gasteiger charge is 2.26. The standard InChI is InChI=1S/C15H23N3O2S/c1-4-5-6-7-12-8-9-13-14(10-12)21(19,20)18-15(17-13)16-11(2)3/h8-11H,4-7H2,1-3H3,(H2,16,17,18). The molecule has 0 saturated carbocycles. The van der Waals surface area contributed by atoms with Crippen molar-refractivity contribution in [3.63, 3.8) is 0 Å². The molecule has 1 aliphatic rings. The van der Waals surface area contributed by atoms with E-state index in [4.69, 9.17) is 0 Å². The molecule has 1 heterocycles. The predicted octanol–water partition coefficient (Wildman–Crippen LogP) is 2.89. The Balaban J connectivity index is 2.28. The summed E-state index contributed by atoms with van der Waals surface area (Å²) < 4.78 is 27.1. The Kier molecular flexibility index (Phi) is 4.88. The van der Waals surface area contributed by atoms with E-state index in [0.29, 0.717) is 10.6 Å². The van der Waals surface area contributed by atoms with Crippen molar-refractivity contribution < 1.29 is 8.42 Å². The van der Waals surface area contributed by atoms with Gasteiger partial charge in [-0.05, 0) is 44.4 Å². The van der Waals surface area contributed by atoms with Gasteiger partial charge in [-0.3, -0.25) is 0 Å². The third-order valence-corrected chi connectivity index (χ3v) is 4.65. The summed E-state index contributed by atoms with van der Waals surface area (Å²) in [5, 5.41) is 3.04. The minimum atomic E-state index is -3.53. The van der Waals surface area contributed by atoms with Crippen molar-refractivity contribution in [1.29, 1.82) is 0 Å². The number of anilines is 1. The molecule has 0 aromatic heterocycles. The predicted molar refractivity (Wildman–Crippen MR) is 86.2 cm³/mol. The number of hydrogen-bond donors (Lipinski definition) is 2. The number of nitrogens with one attached hydrogen (secondary N) is 2. The van der Waals surface area contributed by atoms with Gasteiger partial charge < -0.3 is 5.32 Å². The van der Waals surface area contributed by atoms with Gasteiger partial charge in [0.1, 0.15) is 4.90 Å². The van der Waals surface area contributed by atoms with E-state index in [1.54, 1.807) is 6.07 Å². The molecule has 21 heavy (non-hydrogen) atoms. The van der Waals surface area contributed by atoms with E-state index in [0.717, 1.165) is 31.2 Å². The maximum atomic E-state index is 12.3. The zero-order valence-electron chi connectivity index (χ0n) is 12.8. The summed E-state index contributed by atoms with van der Waals surface area (Å²) in [6.45, 7) is 5.95. The van der Waals surface area contributed by atoms with Gasteiger partial charge in [0.2, 0.25) is 5.96 Å². The maximum Gasteiger partial charge on any atom is 0.266 e. The van der Waals surface area contributed by atoms with E-state index in [-0.39, 0.29) is 12.0 Å². The molecule has 1 aliphatic heterocycles. The first-order valence-corrected chi connectivity index (χ1v) is 8.91. The molecular formula is C15H23N3O2S. The first kappa shape index (κ1) is 15.8. The van der Waals surface area contributed by atoms with Crippen LogP contribution in [0.5, 0.6) is 0 Å². The van der Waals surface area contributed by atoms with Gasteiger partial charge in [0.25, 0.3) is 10.0 Å². The largest absolute Gasteiger partial charge is 0.324 e. The second kappa shape index (κ2) is 6.47. The number of fused-ring (bicyclic) bond motifs is 1. The monoisotopic (exact) mass is 309 g/mol. The number of aliphatic imine (C=N–C) groups is 1. The summed E-state index contributed by atoms with van der Waals surface area (Å²) in [6.07, 6.45) is 4.30. The lowest BCUT2D eigenvalue weighted by atomic mass is 10.1. The molecule has 0 aliphatic carbocycles. The lowest BCUT2D eigenvalue weighted by Gasteiger charge is -2.22. The van der Waals surface area contributed by atoms with Crippen molar-refractivity contribution in [3.05, 3.63) is 23.8 Å². The van der Waals surface area contributed by atoms with Gasteiger partial charge >= 0.3 is 0 Å². The minimum absolute atomic E-state index is 0.0186. The van der Waals surface area contributed by atoms with Crippen molar-refractivity contribution >= 4 is 21.7 Å². The number of sulfonamides is 1. The Labute approximate surface area is 126 Å². The molecule has 0 saturated heterocycles. The molecule has 6 heteroatoms. The van der Waals surface area contributed by atoms with Crippen molar-refractivity contribution in [2.24, 2.45) is 4.99 Å². The molecule has 116 valence electrons. The zero-order valence-corrected chi connectivity index (χ0v) is 13.6. The molecule has 0 atom stereocenters. The molecule has 0 amide bonds. The highest BCUT2D eigenvalue weighted by Crippen LogP contribution is 2.26. The Hall–Kier alpha value is -1.56. The van der Waals surface area contributed by atoms with Crippen LogP contribution in [0.1, 0.15) is 45.6 Å². The Bertz CT molecular complexity index is 636. The second-order valence-corrected chi connectivity index (χ2v) is 7.24. The highest BCUT2D eigenvalue weighted by molar-refractivity contribution is 7.90. The second-order valence-electron chi connectivity index (χ2n) is 5.59. The topological polar surface area (TPSA) is 70.6 Å². The van der Waals surface area contributed by atoms with Crippen LogP contribution in [0.25, 0.3) is 0 Å². The van der Waals surface area contributed by atoms with E-state index in [1.807, 2.05) is 26.0 Å². The quantitative estimate of drug-likeness (QED) is 0.822. The smallest absolute Gasteiger partial charge is 0.266 e. The summed E-state index contributed by atoms with van der Waals surface area (Å²) in [5.41, 5.74) is 1.64. The number of hydrogen-bond acceptors (Lipinski definition) is 3. The van der Waals surface area contributed by atoms with Crippen molar-refractivity contribution in [2.45, 2.75) is 57.4 Å². The third-order valence-electron chi connectivity index (χ3n) is 3.28. The van der Waals surface area contributed by atoms with Gasteiger partial charge in [0.15, 0.2) is 0 Å². The minimum Gasteiger partial charge on any atom is -0.324 e. The fourth-order valence-corrected chi connectivity index (χ4v) is 3.46. The fraction of sp³-hybridized carbons (Fsp3) is 0.533. The van der Waals surface area contributed by atoms with Crippen LogP contribution < -0.4 is 10.0 Å². The number of aryl methyl sites for hydroxylation is 1. The van der Waals surface area contributed by atoms with Crippen LogP contribution >= 0.6 is 0 Å². The third kappa shape index (κ3) is 3.97. The average molecular weight is 309 g/mol. The van der Waals surface area contributed by atoms with Gasteiger partial charge in [-0.15, -0.1) is 0 Å². The molecule has 2 N–H and O–H groups in total. The highest BCUT2D eigenvalue weighted by atomic mass is 32.2. The van der Waals surface area contributed by atoms with Gasteiger partial charge in [-0.1, -0.05) is 25.8 Å². The van der Waals surface area contributed by atoms with Crippen LogP contribution in [0.2, 0.25) is 0 Å². The first-order chi connectivity index (χ1) is 9.92. The van der Waals surface area contributed by atoms with Crippen LogP contribution in [0.15, 0.2) is 28.1 Å². The number of guanidine groups is 1. The summed E-state index contributed by atoms with van der Waals surface area (Å²) in [7, 11) is -3.53. The van der Waals surface area contributed by atoms with Crippen LogP contribution in [-0.2, 0) is 16.4 Å². The van der Waals surface area contributed by atoms with Gasteiger partial charge in [0.05, 0.1) is 5.69 Å². The maximum absolute atomic E-state index is 12.3. The Morgan fingerprint density at radius 1 is 1.24 bits per heavy atom. The van der Waals surface area contributed by atoms with E-state index in [2.05, 4.69) is 22.0 Å². The van der Waals surface area contributed by atoms with Crippen LogP contribution in [0.4, 0.5) is 5.69 Å². The summed E-state index contributed by atoms with van der Waals surface area (Å²) in [4.78, 5) is 4.53. The Morgan fingerprint density at radius 2 is 2.00 bits per heavy atom. The molecule has 2 rings (SSSR count). The number of benzene rings is 1. The molecule has 0 fully saturated rings. The normalized spacial score (nSPS) is 18.2. The van der Waals surface area contributed by atoms with E-state index in [1.165, 1.54) is 0 Å². The van der Waals surface area contributed by atoms with E-state index in [9.17, 15) is 8.42 Å². The van der Waals surface area contributed by atoms with E-state index < -0.39 is 10.0 Å². The SMILES string of the molecule is CCCCCc1ccc2c(c1)S(=O)(=O)NC(=NC(C)C)N2. The van der Waals surface area contributed by atoms with Crippen LogP contribution in [0.3, 0.4) is 0 Å². The number of rotatable bonds is 5. The molecule has 0 bridgehead atoms. The number of unbranched alkanes of at least 4 members (excludes halogenated alkanes) is 2. The Morgan fingerprint density at radius 3 is 2.67 bits per heavy atom. The molecule has 0 radical (unpaired) electrons. The lowest BCUT2D eigenvalue weighted by molar-refractivity contribution is 0.591. The molecule has 1 aromatic rings. The summed E-state index contributed by atoms with van der Waals surface area (Å²) in [6, 6.07) is 5.58. The molecule has 5 nitrogen and oxygen atoms in total. The zero-order chi connectivity index (χ0) is 15.5. The van der Waals surface area contributed by atoms with Crippen LogP contribution in [-0.4, -0.2) is 20.4 Å². The van der Waals surface area contributed by atoms with Crippen molar-refractivity contribution in [3.8, 4) is 0 Å². The average Bonchev–Trinajstić information content (AvgIpc) is 2.38. The van der Waals surface area contributed by atoms with Gasteiger partial charge in [-0.2, -0.15) is 0 Å². The molecule has 1 aromatic carbocycles. The van der Waals surface area contributed by atoms with Gasteiger partial charge in [0, 0.05) is 6.04 Å². The van der Waals surface area contributed by atoms with E-state index >= 15 is 0 Å². The summed E-state index contributed by atoms with van der Waals surface area (Å²) >= 11 is 0.